The zero-order valence-corrected chi connectivity index (χ0v) is 13.3. The van der Waals surface area contributed by atoms with Gasteiger partial charge in [-0.3, -0.25) is 0 Å². The monoisotopic (exact) mass is 275 g/mol. The molecule has 0 radical (unpaired) electrons. The number of rotatable bonds is 12. The number of benzene rings is 1. The first-order chi connectivity index (χ1) is 9.83. The summed E-state index contributed by atoms with van der Waals surface area (Å²) in [5, 5.41) is 0. The molecule has 1 heteroatoms. The Labute approximate surface area is 126 Å². The molecule has 0 aliphatic rings. The number of nitrogens with two attached hydrogens (primary N) is 1. The molecular weight excluding hydrogens is 242 g/mol. The van der Waals surface area contributed by atoms with Gasteiger partial charge in [0.25, 0.3) is 0 Å². The molecule has 0 saturated carbocycles. The lowest BCUT2D eigenvalue weighted by atomic mass is 10.0. The second-order valence-corrected chi connectivity index (χ2v) is 6.05. The summed E-state index contributed by atoms with van der Waals surface area (Å²) in [6, 6.07) is 11.1. The van der Waals surface area contributed by atoms with Crippen LogP contribution in [0.3, 0.4) is 0 Å². The Balaban J connectivity index is 1.91. The van der Waals surface area contributed by atoms with Gasteiger partial charge in [-0.1, -0.05) is 82.2 Å². The number of aryl methyl sites for hydroxylation is 1. The Bertz CT molecular complexity index is 307. The van der Waals surface area contributed by atoms with Gasteiger partial charge in [0.05, 0.1) is 0 Å². The van der Waals surface area contributed by atoms with Crippen molar-refractivity contribution in [2.75, 3.05) is 0 Å². The lowest BCUT2D eigenvalue weighted by molar-refractivity contribution is 0.499. The number of unbranched alkanes of at least 4 members (excludes halogenated alkanes) is 6. The van der Waals surface area contributed by atoms with E-state index in [1.165, 1.54) is 76.2 Å². The number of hydrogen-bond acceptors (Lipinski definition) is 1. The molecule has 0 aliphatic carbocycles. The Hall–Kier alpha value is -0.820. The second-order valence-electron chi connectivity index (χ2n) is 6.05. The van der Waals surface area contributed by atoms with Gasteiger partial charge in [0.2, 0.25) is 0 Å². The summed E-state index contributed by atoms with van der Waals surface area (Å²) in [6.45, 7) is 2.27. The molecule has 0 bridgehead atoms. The molecule has 20 heavy (non-hydrogen) atoms. The molecule has 114 valence electrons. The van der Waals surface area contributed by atoms with Crippen LogP contribution in [-0.2, 0) is 6.42 Å². The standard InChI is InChI=1S/C19H33N/c1-2-3-4-5-6-7-11-16-19(20)17-12-15-18-13-9-8-10-14-18/h8-10,13-14,19H,2-7,11-12,15-17,20H2,1H3. The summed E-state index contributed by atoms with van der Waals surface area (Å²) in [5.41, 5.74) is 7.64. The largest absolute Gasteiger partial charge is 0.328 e. The van der Waals surface area contributed by atoms with Crippen molar-refractivity contribution in [1.29, 1.82) is 0 Å². The molecule has 0 fully saturated rings. The van der Waals surface area contributed by atoms with Crippen molar-refractivity contribution in [3.63, 3.8) is 0 Å². The Morgan fingerprint density at radius 3 is 2.10 bits per heavy atom. The van der Waals surface area contributed by atoms with Gasteiger partial charge in [0.1, 0.15) is 0 Å². The van der Waals surface area contributed by atoms with Crippen molar-refractivity contribution < 1.29 is 0 Å². The van der Waals surface area contributed by atoms with E-state index in [2.05, 4.69) is 37.3 Å². The van der Waals surface area contributed by atoms with Crippen molar-refractivity contribution >= 4 is 0 Å². The molecule has 1 rings (SSSR count). The fraction of sp³-hybridized carbons (Fsp3) is 0.684. The summed E-state index contributed by atoms with van der Waals surface area (Å²) in [4.78, 5) is 0. The van der Waals surface area contributed by atoms with E-state index in [1.807, 2.05) is 0 Å². The third kappa shape index (κ3) is 9.14. The quantitative estimate of drug-likeness (QED) is 0.502. The van der Waals surface area contributed by atoms with Crippen molar-refractivity contribution in [2.24, 2.45) is 5.73 Å². The first-order valence-corrected chi connectivity index (χ1v) is 8.62. The van der Waals surface area contributed by atoms with Gasteiger partial charge in [0.15, 0.2) is 0 Å². The van der Waals surface area contributed by atoms with E-state index in [9.17, 15) is 0 Å². The maximum absolute atomic E-state index is 6.20. The van der Waals surface area contributed by atoms with E-state index < -0.39 is 0 Å². The first kappa shape index (κ1) is 17.2. The van der Waals surface area contributed by atoms with E-state index in [4.69, 9.17) is 5.73 Å². The van der Waals surface area contributed by atoms with Crippen molar-refractivity contribution in [3.05, 3.63) is 35.9 Å². The normalized spacial score (nSPS) is 12.5. The van der Waals surface area contributed by atoms with Crippen LogP contribution in [-0.4, -0.2) is 6.04 Å². The number of hydrogen-bond donors (Lipinski definition) is 1. The lowest BCUT2D eigenvalue weighted by Crippen LogP contribution is -2.19. The Morgan fingerprint density at radius 2 is 1.40 bits per heavy atom. The average molecular weight is 275 g/mol. The molecule has 1 unspecified atom stereocenters. The van der Waals surface area contributed by atoms with Crippen LogP contribution in [0.25, 0.3) is 0 Å². The summed E-state index contributed by atoms with van der Waals surface area (Å²) < 4.78 is 0. The van der Waals surface area contributed by atoms with Gasteiger partial charge in [0, 0.05) is 6.04 Å². The molecule has 1 aromatic carbocycles. The minimum absolute atomic E-state index is 0.411. The highest BCUT2D eigenvalue weighted by Gasteiger charge is 2.02. The van der Waals surface area contributed by atoms with E-state index >= 15 is 0 Å². The van der Waals surface area contributed by atoms with Crippen molar-refractivity contribution in [2.45, 2.75) is 83.6 Å². The third-order valence-electron chi connectivity index (χ3n) is 4.06. The van der Waals surface area contributed by atoms with E-state index in [0.717, 1.165) is 0 Å². The summed E-state index contributed by atoms with van der Waals surface area (Å²) in [6.07, 6.45) is 14.4. The van der Waals surface area contributed by atoms with Crippen molar-refractivity contribution in [1.82, 2.24) is 0 Å². The topological polar surface area (TPSA) is 26.0 Å². The van der Waals surface area contributed by atoms with E-state index in [0.29, 0.717) is 6.04 Å². The van der Waals surface area contributed by atoms with Crippen LogP contribution in [0.15, 0.2) is 30.3 Å². The molecule has 0 amide bonds. The van der Waals surface area contributed by atoms with Crippen LogP contribution >= 0.6 is 0 Å². The molecule has 0 aliphatic heterocycles. The summed E-state index contributed by atoms with van der Waals surface area (Å²) in [7, 11) is 0. The van der Waals surface area contributed by atoms with Gasteiger partial charge < -0.3 is 5.73 Å². The van der Waals surface area contributed by atoms with E-state index in [-0.39, 0.29) is 0 Å². The van der Waals surface area contributed by atoms with E-state index in [1.54, 1.807) is 0 Å². The Kier molecular flexibility index (Phi) is 10.3. The van der Waals surface area contributed by atoms with Crippen LogP contribution in [0.5, 0.6) is 0 Å². The zero-order chi connectivity index (χ0) is 14.5. The molecule has 0 saturated heterocycles. The highest BCUT2D eigenvalue weighted by molar-refractivity contribution is 5.14. The smallest absolute Gasteiger partial charge is 0.00389 e. The minimum Gasteiger partial charge on any atom is -0.328 e. The molecule has 1 nitrogen and oxygen atoms in total. The maximum atomic E-state index is 6.20. The molecule has 1 aromatic rings. The lowest BCUT2D eigenvalue weighted by Gasteiger charge is -2.11. The van der Waals surface area contributed by atoms with Gasteiger partial charge >= 0.3 is 0 Å². The molecule has 0 spiro atoms. The van der Waals surface area contributed by atoms with Gasteiger partial charge in [-0.25, -0.2) is 0 Å². The fourth-order valence-electron chi connectivity index (χ4n) is 2.72. The highest BCUT2D eigenvalue weighted by Crippen LogP contribution is 2.12. The predicted molar refractivity (Wildman–Crippen MR) is 90.0 cm³/mol. The van der Waals surface area contributed by atoms with Crippen LogP contribution < -0.4 is 5.73 Å². The first-order valence-electron chi connectivity index (χ1n) is 8.62. The van der Waals surface area contributed by atoms with Crippen LogP contribution in [0, 0.1) is 0 Å². The highest BCUT2D eigenvalue weighted by atomic mass is 14.6. The molecule has 2 N–H and O–H groups in total. The minimum atomic E-state index is 0.411. The van der Waals surface area contributed by atoms with Gasteiger partial charge in [-0.2, -0.15) is 0 Å². The van der Waals surface area contributed by atoms with Gasteiger partial charge in [-0.05, 0) is 31.2 Å². The summed E-state index contributed by atoms with van der Waals surface area (Å²) >= 11 is 0. The third-order valence-corrected chi connectivity index (χ3v) is 4.06. The van der Waals surface area contributed by atoms with Crippen LogP contribution in [0.1, 0.15) is 76.7 Å². The SMILES string of the molecule is CCCCCCCCCC(N)CCCc1ccccc1. The zero-order valence-electron chi connectivity index (χ0n) is 13.3. The molecule has 0 aromatic heterocycles. The average Bonchev–Trinajstić information content (AvgIpc) is 2.47. The van der Waals surface area contributed by atoms with Gasteiger partial charge in [-0.15, -0.1) is 0 Å². The molecular formula is C19H33N. The van der Waals surface area contributed by atoms with Crippen LogP contribution in [0.4, 0.5) is 0 Å². The second kappa shape index (κ2) is 12.0. The maximum Gasteiger partial charge on any atom is 0.00389 e. The molecule has 0 heterocycles. The van der Waals surface area contributed by atoms with Crippen molar-refractivity contribution in [3.8, 4) is 0 Å². The molecule has 1 atom stereocenters. The Morgan fingerprint density at radius 1 is 0.800 bits per heavy atom. The fourth-order valence-corrected chi connectivity index (χ4v) is 2.72. The predicted octanol–water partition coefficient (Wildman–Crippen LogP) is 5.48. The van der Waals surface area contributed by atoms with Crippen LogP contribution in [0.2, 0.25) is 0 Å². The summed E-state index contributed by atoms with van der Waals surface area (Å²) in [5.74, 6) is 0.